The molecule has 0 fully saturated rings. The molecule has 1 amide bonds. The number of aromatic carboxylic acids is 1. The van der Waals surface area contributed by atoms with E-state index in [0.717, 1.165) is 22.3 Å². The molecule has 0 saturated carbocycles. The highest BCUT2D eigenvalue weighted by atomic mass is 16.5. The van der Waals surface area contributed by atoms with Crippen LogP contribution < -0.4 is 5.32 Å². The fraction of sp³-hybridized carbons (Fsp3) is 0.0909. The second kappa shape index (κ2) is 7.08. The van der Waals surface area contributed by atoms with Crippen molar-refractivity contribution in [3.63, 3.8) is 0 Å². The van der Waals surface area contributed by atoms with Gasteiger partial charge in [-0.3, -0.25) is 5.32 Å². The molecule has 140 valence electrons. The van der Waals surface area contributed by atoms with Crippen LogP contribution in [0.1, 0.15) is 27.4 Å². The maximum atomic E-state index is 12.2. The van der Waals surface area contributed by atoms with Crippen molar-refractivity contribution in [1.29, 1.82) is 0 Å². The lowest BCUT2D eigenvalue weighted by Crippen LogP contribution is -2.18. The quantitative estimate of drug-likeness (QED) is 0.586. The van der Waals surface area contributed by atoms with E-state index in [4.69, 9.17) is 9.84 Å². The Bertz CT molecular complexity index is 1030. The minimum absolute atomic E-state index is 0.0166. The monoisotopic (exact) mass is 375 g/mol. The number of benzene rings is 3. The van der Waals surface area contributed by atoms with Crippen LogP contribution in [0.4, 0.5) is 10.5 Å². The molecule has 0 saturated heterocycles. The molecule has 0 aliphatic heterocycles. The van der Waals surface area contributed by atoms with Gasteiger partial charge in [0.05, 0.1) is 5.69 Å². The number of rotatable bonds is 4. The summed E-state index contributed by atoms with van der Waals surface area (Å²) in [6.07, 6.45) is -0.764. The number of hydrogen-bond donors (Lipinski definition) is 3. The highest BCUT2D eigenvalue weighted by molar-refractivity contribution is 5.96. The SMILES string of the molecule is O=C(Nc1cccc(C(=O)O)c1O)OCC1c2ccccc2-c2ccccc21. The van der Waals surface area contributed by atoms with Crippen molar-refractivity contribution in [2.75, 3.05) is 11.9 Å². The molecule has 4 rings (SSSR count). The highest BCUT2D eigenvalue weighted by Gasteiger charge is 2.29. The van der Waals surface area contributed by atoms with Gasteiger partial charge in [0.2, 0.25) is 0 Å². The fourth-order valence-electron chi connectivity index (χ4n) is 3.56. The molecule has 0 spiro atoms. The number of carbonyl (C=O) groups is 2. The molecule has 6 nitrogen and oxygen atoms in total. The van der Waals surface area contributed by atoms with Gasteiger partial charge in [0.1, 0.15) is 12.2 Å². The number of carboxylic acid groups (broad SMARTS) is 1. The standard InChI is InChI=1S/C22H17NO5/c24-20-17(21(25)26)10-5-11-19(20)23-22(27)28-12-18-15-8-3-1-6-13(15)14-7-2-4-9-16(14)18/h1-11,18,24H,12H2,(H,23,27)(H,25,26). The minimum Gasteiger partial charge on any atom is -0.505 e. The van der Waals surface area contributed by atoms with Crippen molar-refractivity contribution in [2.45, 2.75) is 5.92 Å². The molecule has 6 heteroatoms. The van der Waals surface area contributed by atoms with Crippen LogP contribution in [-0.4, -0.2) is 28.9 Å². The van der Waals surface area contributed by atoms with E-state index in [1.165, 1.54) is 18.2 Å². The maximum absolute atomic E-state index is 12.2. The van der Waals surface area contributed by atoms with Gasteiger partial charge in [-0.2, -0.15) is 0 Å². The van der Waals surface area contributed by atoms with Gasteiger partial charge in [-0.15, -0.1) is 0 Å². The van der Waals surface area contributed by atoms with E-state index in [2.05, 4.69) is 5.32 Å². The van der Waals surface area contributed by atoms with E-state index >= 15 is 0 Å². The second-order valence-corrected chi connectivity index (χ2v) is 6.46. The van der Waals surface area contributed by atoms with Crippen molar-refractivity contribution in [2.24, 2.45) is 0 Å². The zero-order valence-electron chi connectivity index (χ0n) is 14.8. The molecular weight excluding hydrogens is 358 g/mol. The lowest BCUT2D eigenvalue weighted by Gasteiger charge is -2.15. The summed E-state index contributed by atoms with van der Waals surface area (Å²) in [5.74, 6) is -1.88. The second-order valence-electron chi connectivity index (χ2n) is 6.46. The molecule has 0 atom stereocenters. The predicted molar refractivity (Wildman–Crippen MR) is 104 cm³/mol. The number of fused-ring (bicyclic) bond motifs is 3. The van der Waals surface area contributed by atoms with Gasteiger partial charge >= 0.3 is 12.1 Å². The minimum atomic E-state index is -1.28. The van der Waals surface area contributed by atoms with Crippen LogP contribution in [0.5, 0.6) is 5.75 Å². The average molecular weight is 375 g/mol. The summed E-state index contributed by atoms with van der Waals surface area (Å²) in [4.78, 5) is 23.3. The molecule has 0 radical (unpaired) electrons. The topological polar surface area (TPSA) is 95.9 Å². The Morgan fingerprint density at radius 3 is 2.11 bits per heavy atom. The van der Waals surface area contributed by atoms with Crippen molar-refractivity contribution < 1.29 is 24.5 Å². The van der Waals surface area contributed by atoms with Crippen molar-refractivity contribution in [3.8, 4) is 16.9 Å². The molecule has 1 aliphatic rings. The van der Waals surface area contributed by atoms with Crippen LogP contribution in [0.15, 0.2) is 66.7 Å². The van der Waals surface area contributed by atoms with Crippen LogP contribution in [-0.2, 0) is 4.74 Å². The van der Waals surface area contributed by atoms with Gasteiger partial charge < -0.3 is 14.9 Å². The normalized spacial score (nSPS) is 12.1. The fourth-order valence-corrected chi connectivity index (χ4v) is 3.56. The van der Waals surface area contributed by atoms with Gasteiger partial charge in [0, 0.05) is 5.92 Å². The lowest BCUT2D eigenvalue weighted by atomic mass is 9.98. The number of anilines is 1. The Morgan fingerprint density at radius 1 is 0.893 bits per heavy atom. The van der Waals surface area contributed by atoms with E-state index in [-0.39, 0.29) is 23.8 Å². The first kappa shape index (κ1) is 17.6. The number of phenols is 1. The average Bonchev–Trinajstić information content (AvgIpc) is 3.02. The molecule has 28 heavy (non-hydrogen) atoms. The first-order valence-electron chi connectivity index (χ1n) is 8.73. The summed E-state index contributed by atoms with van der Waals surface area (Å²) in [5, 5.41) is 21.5. The van der Waals surface area contributed by atoms with Crippen LogP contribution in [0.25, 0.3) is 11.1 Å². The third kappa shape index (κ3) is 3.05. The van der Waals surface area contributed by atoms with Crippen molar-refractivity contribution >= 4 is 17.7 Å². The first-order chi connectivity index (χ1) is 13.6. The number of ether oxygens (including phenoxy) is 1. The van der Waals surface area contributed by atoms with Gasteiger partial charge in [0.25, 0.3) is 0 Å². The molecule has 1 aliphatic carbocycles. The number of hydrogen-bond acceptors (Lipinski definition) is 4. The third-order valence-corrected chi connectivity index (χ3v) is 4.85. The summed E-state index contributed by atoms with van der Waals surface area (Å²) in [6, 6.07) is 20.1. The number of nitrogens with one attached hydrogen (secondary N) is 1. The first-order valence-corrected chi connectivity index (χ1v) is 8.73. The number of amides is 1. The lowest BCUT2D eigenvalue weighted by molar-refractivity contribution is 0.0693. The predicted octanol–water partition coefficient (Wildman–Crippen LogP) is 4.45. The summed E-state index contributed by atoms with van der Waals surface area (Å²) in [5.41, 5.74) is 4.12. The summed E-state index contributed by atoms with van der Waals surface area (Å²) >= 11 is 0. The van der Waals surface area contributed by atoms with E-state index in [0.29, 0.717) is 0 Å². The summed E-state index contributed by atoms with van der Waals surface area (Å²) < 4.78 is 5.39. The van der Waals surface area contributed by atoms with Gasteiger partial charge in [-0.1, -0.05) is 54.6 Å². The Labute approximate surface area is 161 Å². The molecule has 3 N–H and O–H groups in total. The molecule has 0 aromatic heterocycles. The Hall–Kier alpha value is -3.80. The molecule has 3 aromatic rings. The number of carbonyl (C=O) groups excluding carboxylic acids is 1. The van der Waals surface area contributed by atoms with Gasteiger partial charge in [-0.25, -0.2) is 9.59 Å². The molecule has 0 unspecified atom stereocenters. The number of aromatic hydroxyl groups is 1. The van der Waals surface area contributed by atoms with E-state index in [1.54, 1.807) is 0 Å². The van der Waals surface area contributed by atoms with Crippen LogP contribution in [0.3, 0.4) is 0 Å². The third-order valence-electron chi connectivity index (χ3n) is 4.85. The molecule has 0 bridgehead atoms. The highest BCUT2D eigenvalue weighted by Crippen LogP contribution is 2.44. The Balaban J connectivity index is 1.50. The van der Waals surface area contributed by atoms with E-state index in [9.17, 15) is 14.7 Å². The zero-order chi connectivity index (χ0) is 19.7. The van der Waals surface area contributed by atoms with E-state index < -0.39 is 17.8 Å². The van der Waals surface area contributed by atoms with Crippen LogP contribution >= 0.6 is 0 Å². The van der Waals surface area contributed by atoms with Crippen LogP contribution in [0, 0.1) is 0 Å². The number of para-hydroxylation sites is 1. The Morgan fingerprint density at radius 2 is 1.50 bits per heavy atom. The maximum Gasteiger partial charge on any atom is 0.411 e. The smallest absolute Gasteiger partial charge is 0.411 e. The van der Waals surface area contributed by atoms with Crippen LogP contribution in [0.2, 0.25) is 0 Å². The van der Waals surface area contributed by atoms with E-state index in [1.807, 2.05) is 48.5 Å². The molecule has 3 aromatic carbocycles. The summed E-state index contributed by atoms with van der Waals surface area (Å²) in [7, 11) is 0. The van der Waals surface area contributed by atoms with Crippen molar-refractivity contribution in [1.82, 2.24) is 0 Å². The van der Waals surface area contributed by atoms with Crippen molar-refractivity contribution in [3.05, 3.63) is 83.4 Å². The van der Waals surface area contributed by atoms with Gasteiger partial charge in [0.15, 0.2) is 5.75 Å². The molecule has 0 heterocycles. The van der Waals surface area contributed by atoms with Gasteiger partial charge in [-0.05, 0) is 34.4 Å². The Kier molecular flexibility index (Phi) is 4.45. The molecular formula is C22H17NO5. The summed E-state index contributed by atoms with van der Waals surface area (Å²) in [6.45, 7) is 0.124. The number of carboxylic acids is 1. The largest absolute Gasteiger partial charge is 0.505 e. The zero-order valence-corrected chi connectivity index (χ0v) is 14.8.